The van der Waals surface area contributed by atoms with Gasteiger partial charge in [0.15, 0.2) is 11.9 Å². The van der Waals surface area contributed by atoms with E-state index >= 15 is 0 Å². The smallest absolute Gasteiger partial charge is 0.170 e. The Morgan fingerprint density at radius 3 is 2.35 bits per heavy atom. The van der Waals surface area contributed by atoms with Crippen LogP contribution in [-0.2, 0) is 11.2 Å². The number of likely N-dealkylation sites (N-methyl/N-ethyl adjacent to an activating group) is 1. The van der Waals surface area contributed by atoms with Gasteiger partial charge in [0.2, 0.25) is 0 Å². The van der Waals surface area contributed by atoms with Crippen molar-refractivity contribution in [2.24, 2.45) is 0 Å². The molecule has 4 nitrogen and oxygen atoms in total. The van der Waals surface area contributed by atoms with Crippen LogP contribution in [0.25, 0.3) is 0 Å². The van der Waals surface area contributed by atoms with Crippen molar-refractivity contribution < 1.29 is 14.3 Å². The second-order valence-corrected chi connectivity index (χ2v) is 6.26. The van der Waals surface area contributed by atoms with E-state index in [1.165, 1.54) is 0 Å². The molecule has 0 radical (unpaired) electrons. The van der Waals surface area contributed by atoms with E-state index in [1.54, 1.807) is 6.92 Å². The van der Waals surface area contributed by atoms with Crippen molar-refractivity contribution in [2.75, 3.05) is 26.2 Å². The Morgan fingerprint density at radius 1 is 1.00 bits per heavy atom. The molecule has 0 aliphatic rings. The summed E-state index contributed by atoms with van der Waals surface area (Å²) in [6, 6.07) is 17.4. The molecule has 140 valence electrons. The third-order valence-electron chi connectivity index (χ3n) is 4.37. The number of Topliss-reactive ketones (excluding diaryl/α,β-unsaturated/α-hetero) is 1. The maximum atomic E-state index is 12.0. The predicted molar refractivity (Wildman–Crippen MR) is 105 cm³/mol. The molecule has 0 aliphatic carbocycles. The van der Waals surface area contributed by atoms with E-state index in [1.807, 2.05) is 54.6 Å². The van der Waals surface area contributed by atoms with Crippen LogP contribution < -0.4 is 9.47 Å². The predicted octanol–water partition coefficient (Wildman–Crippen LogP) is 3.99. The highest BCUT2D eigenvalue weighted by molar-refractivity contribution is 5.81. The molecule has 0 N–H and O–H groups in total. The number of ether oxygens (including phenoxy) is 2. The second-order valence-electron chi connectivity index (χ2n) is 6.26. The zero-order chi connectivity index (χ0) is 18.8. The number of carbonyl (C=O) groups excluding carboxylic acids is 1. The van der Waals surface area contributed by atoms with Crippen molar-refractivity contribution in [2.45, 2.75) is 33.3 Å². The summed E-state index contributed by atoms with van der Waals surface area (Å²) in [5.74, 6) is 1.43. The lowest BCUT2D eigenvalue weighted by Gasteiger charge is -2.19. The zero-order valence-electron chi connectivity index (χ0n) is 16.0. The zero-order valence-corrected chi connectivity index (χ0v) is 16.0. The van der Waals surface area contributed by atoms with Crippen molar-refractivity contribution in [3.63, 3.8) is 0 Å². The highest BCUT2D eigenvalue weighted by Crippen LogP contribution is 2.21. The lowest BCUT2D eigenvalue weighted by atomic mass is 10.1. The number of nitrogens with zero attached hydrogens (tertiary/aromatic N) is 1. The number of benzene rings is 2. The Labute approximate surface area is 156 Å². The molecule has 0 saturated carbocycles. The first-order valence-electron chi connectivity index (χ1n) is 9.28. The van der Waals surface area contributed by atoms with Crippen LogP contribution in [0.15, 0.2) is 54.6 Å². The minimum atomic E-state index is -0.497. The first-order valence-corrected chi connectivity index (χ1v) is 9.28. The summed E-state index contributed by atoms with van der Waals surface area (Å²) in [7, 11) is 0. The number of carbonyl (C=O) groups is 1. The fourth-order valence-corrected chi connectivity index (χ4v) is 2.73. The molecule has 0 bridgehead atoms. The van der Waals surface area contributed by atoms with Gasteiger partial charge in [-0.25, -0.2) is 0 Å². The minimum Gasteiger partial charge on any atom is -0.492 e. The summed E-state index contributed by atoms with van der Waals surface area (Å²) in [5.41, 5.74) is 1.08. The lowest BCUT2D eigenvalue weighted by Crippen LogP contribution is -2.28. The lowest BCUT2D eigenvalue weighted by molar-refractivity contribution is -0.123. The van der Waals surface area contributed by atoms with Crippen molar-refractivity contribution in [3.05, 3.63) is 60.2 Å². The molecule has 0 aromatic heterocycles. The highest BCUT2D eigenvalue weighted by atomic mass is 16.5. The third-order valence-corrected chi connectivity index (χ3v) is 4.37. The van der Waals surface area contributed by atoms with Gasteiger partial charge in [0.05, 0.1) is 0 Å². The van der Waals surface area contributed by atoms with Crippen LogP contribution in [0.3, 0.4) is 0 Å². The van der Waals surface area contributed by atoms with E-state index in [2.05, 4.69) is 18.7 Å². The Kier molecular flexibility index (Phi) is 8.16. The van der Waals surface area contributed by atoms with Crippen molar-refractivity contribution in [1.29, 1.82) is 0 Å². The third kappa shape index (κ3) is 6.52. The first kappa shape index (κ1) is 20.0. The van der Waals surface area contributed by atoms with Gasteiger partial charge < -0.3 is 14.4 Å². The van der Waals surface area contributed by atoms with Crippen LogP contribution >= 0.6 is 0 Å². The molecule has 4 heteroatoms. The minimum absolute atomic E-state index is 0.0155. The standard InChI is InChI=1S/C22H29NO3/c1-4-23(5-2)14-15-25-20-12-9-13-21(17-20)26-22(18(3)24)16-19-10-7-6-8-11-19/h6-13,17,22H,4-5,14-16H2,1-3H3. The van der Waals surface area contributed by atoms with Gasteiger partial charge in [0.25, 0.3) is 0 Å². The highest BCUT2D eigenvalue weighted by Gasteiger charge is 2.17. The number of ketones is 1. The van der Waals surface area contributed by atoms with Crippen LogP contribution in [0.5, 0.6) is 11.5 Å². The molecule has 0 saturated heterocycles. The van der Waals surface area contributed by atoms with E-state index in [0.29, 0.717) is 18.8 Å². The second kappa shape index (κ2) is 10.6. The van der Waals surface area contributed by atoms with E-state index in [-0.39, 0.29) is 5.78 Å². The van der Waals surface area contributed by atoms with Gasteiger partial charge in [-0.1, -0.05) is 50.2 Å². The molecule has 0 amide bonds. The molecule has 0 heterocycles. The Morgan fingerprint density at radius 2 is 1.69 bits per heavy atom. The summed E-state index contributed by atoms with van der Waals surface area (Å²) in [5, 5.41) is 0. The van der Waals surface area contributed by atoms with Crippen LogP contribution in [0.1, 0.15) is 26.3 Å². The number of hydrogen-bond donors (Lipinski definition) is 0. The Balaban J connectivity index is 1.95. The molecule has 2 aromatic rings. The summed E-state index contributed by atoms with van der Waals surface area (Å²) in [6.07, 6.45) is 0.0618. The summed E-state index contributed by atoms with van der Waals surface area (Å²) < 4.78 is 11.8. The van der Waals surface area contributed by atoms with Crippen molar-refractivity contribution in [3.8, 4) is 11.5 Å². The largest absolute Gasteiger partial charge is 0.492 e. The molecule has 1 atom stereocenters. The van der Waals surface area contributed by atoms with Crippen LogP contribution in [0.2, 0.25) is 0 Å². The molecule has 2 rings (SSSR count). The fraction of sp³-hybridized carbons (Fsp3) is 0.409. The van der Waals surface area contributed by atoms with Crippen LogP contribution in [0, 0.1) is 0 Å². The number of rotatable bonds is 11. The quantitative estimate of drug-likeness (QED) is 0.611. The van der Waals surface area contributed by atoms with Crippen molar-refractivity contribution >= 4 is 5.78 Å². The van der Waals surface area contributed by atoms with Gasteiger partial charge in [0.1, 0.15) is 18.1 Å². The summed E-state index contributed by atoms with van der Waals surface area (Å²) >= 11 is 0. The molecule has 2 aromatic carbocycles. The molecule has 0 fully saturated rings. The maximum Gasteiger partial charge on any atom is 0.170 e. The molecular weight excluding hydrogens is 326 g/mol. The normalized spacial score (nSPS) is 12.0. The van der Waals surface area contributed by atoms with E-state index in [0.717, 1.165) is 30.9 Å². The fourth-order valence-electron chi connectivity index (χ4n) is 2.73. The molecule has 0 spiro atoms. The summed E-state index contributed by atoms with van der Waals surface area (Å²) in [4.78, 5) is 14.3. The average molecular weight is 355 g/mol. The van der Waals surface area contributed by atoms with Gasteiger partial charge >= 0.3 is 0 Å². The molecular formula is C22H29NO3. The van der Waals surface area contributed by atoms with E-state index in [4.69, 9.17) is 9.47 Å². The molecule has 0 aliphatic heterocycles. The van der Waals surface area contributed by atoms with E-state index in [9.17, 15) is 4.79 Å². The van der Waals surface area contributed by atoms with Gasteiger partial charge in [0, 0.05) is 19.0 Å². The SMILES string of the molecule is CCN(CC)CCOc1cccc(OC(Cc2ccccc2)C(C)=O)c1. The van der Waals surface area contributed by atoms with Crippen LogP contribution in [-0.4, -0.2) is 43.0 Å². The van der Waals surface area contributed by atoms with Gasteiger partial charge in [-0.2, -0.15) is 0 Å². The maximum absolute atomic E-state index is 12.0. The Hall–Kier alpha value is -2.33. The van der Waals surface area contributed by atoms with Gasteiger partial charge in [-0.05, 0) is 37.7 Å². The first-order chi connectivity index (χ1) is 12.6. The van der Waals surface area contributed by atoms with Gasteiger partial charge in [-0.3, -0.25) is 4.79 Å². The number of hydrogen-bond acceptors (Lipinski definition) is 4. The van der Waals surface area contributed by atoms with Crippen molar-refractivity contribution in [1.82, 2.24) is 4.90 Å². The molecule has 1 unspecified atom stereocenters. The Bertz CT molecular complexity index is 668. The summed E-state index contributed by atoms with van der Waals surface area (Å²) in [6.45, 7) is 9.41. The molecule has 26 heavy (non-hydrogen) atoms. The monoisotopic (exact) mass is 355 g/mol. The van der Waals surface area contributed by atoms with E-state index < -0.39 is 6.10 Å². The van der Waals surface area contributed by atoms with Crippen LogP contribution in [0.4, 0.5) is 0 Å². The average Bonchev–Trinajstić information content (AvgIpc) is 2.66. The van der Waals surface area contributed by atoms with Gasteiger partial charge in [-0.15, -0.1) is 0 Å². The topological polar surface area (TPSA) is 38.8 Å².